The maximum atomic E-state index is 11.0. The third-order valence-electron chi connectivity index (χ3n) is 2.44. The minimum Gasteiger partial charge on any atom is -0.449 e. The lowest BCUT2D eigenvalue weighted by Gasteiger charge is -2.16. The number of hydrogen-bond acceptors (Lipinski definition) is 4. The molecule has 0 saturated heterocycles. The molecular weight excluding hydrogens is 301 g/mol. The number of hydrogen-bond donors (Lipinski definition) is 0. The number of nitrogens with zero attached hydrogens (tertiary/aromatic N) is 1. The second-order valence-electron chi connectivity index (χ2n) is 3.92. The number of para-hydroxylation sites is 1. The molecule has 0 amide bonds. The number of aromatic nitrogens is 1. The summed E-state index contributed by atoms with van der Waals surface area (Å²) in [5, 5.41) is 1.30. The van der Waals surface area contributed by atoms with Gasteiger partial charge in [0, 0.05) is 12.3 Å². The Hall–Kier alpha value is -1.78. The highest BCUT2D eigenvalue weighted by atomic mass is 35.5. The number of pyridine rings is 1. The Balaban J connectivity index is 2.41. The first kappa shape index (κ1) is 14.6. The first-order chi connectivity index (χ1) is 9.51. The molecule has 0 aliphatic rings. The quantitative estimate of drug-likeness (QED) is 0.371. The predicted molar refractivity (Wildman–Crippen MR) is 78.1 cm³/mol. The number of rotatable bonds is 4. The molecule has 2 rings (SSSR count). The van der Waals surface area contributed by atoms with Crippen LogP contribution in [0.15, 0.2) is 36.9 Å². The van der Waals surface area contributed by atoms with Crippen LogP contribution in [0.2, 0.25) is 10.2 Å². The van der Waals surface area contributed by atoms with Crippen LogP contribution in [0.4, 0.5) is 0 Å². The van der Waals surface area contributed by atoms with E-state index in [-0.39, 0.29) is 5.15 Å². The Morgan fingerprint density at radius 3 is 2.85 bits per heavy atom. The Morgan fingerprint density at radius 2 is 2.20 bits per heavy atom. The second kappa shape index (κ2) is 6.11. The highest BCUT2D eigenvalue weighted by molar-refractivity contribution is 6.41. The van der Waals surface area contributed by atoms with Gasteiger partial charge in [0.2, 0.25) is 0 Å². The van der Waals surface area contributed by atoms with E-state index in [0.29, 0.717) is 16.3 Å². The molecule has 1 heterocycles. The number of esters is 1. The summed E-state index contributed by atoms with van der Waals surface area (Å²) in [4.78, 5) is 15.1. The maximum absolute atomic E-state index is 11.0. The van der Waals surface area contributed by atoms with E-state index in [1.165, 1.54) is 13.0 Å². The first-order valence-electron chi connectivity index (χ1n) is 5.72. The minimum absolute atomic E-state index is 0.179. The molecule has 0 aliphatic carbocycles. The van der Waals surface area contributed by atoms with Crippen molar-refractivity contribution in [3.8, 4) is 5.75 Å². The second-order valence-corrected chi connectivity index (χ2v) is 4.69. The summed E-state index contributed by atoms with van der Waals surface area (Å²) in [6, 6.07) is 6.98. The van der Waals surface area contributed by atoms with Crippen LogP contribution < -0.4 is 4.74 Å². The molecule has 0 N–H and O–H groups in total. The lowest BCUT2D eigenvalue weighted by atomic mass is 10.2. The summed E-state index contributed by atoms with van der Waals surface area (Å²) in [6.07, 6.45) is 0.479. The van der Waals surface area contributed by atoms with Gasteiger partial charge in [0.25, 0.3) is 6.29 Å². The predicted octanol–water partition coefficient (Wildman–Crippen LogP) is 4.00. The molecule has 0 aliphatic heterocycles. The van der Waals surface area contributed by atoms with E-state index in [1.54, 1.807) is 18.2 Å². The van der Waals surface area contributed by atoms with Gasteiger partial charge >= 0.3 is 5.97 Å². The topological polar surface area (TPSA) is 48.4 Å². The van der Waals surface area contributed by atoms with Crippen LogP contribution in [0.25, 0.3) is 10.9 Å². The third-order valence-corrected chi connectivity index (χ3v) is 3.11. The van der Waals surface area contributed by atoms with Gasteiger partial charge in [0.15, 0.2) is 5.75 Å². The van der Waals surface area contributed by atoms with Gasteiger partial charge in [-0.05, 0) is 18.2 Å². The zero-order chi connectivity index (χ0) is 14.7. The van der Waals surface area contributed by atoms with Crippen molar-refractivity contribution in [3.63, 3.8) is 0 Å². The Kier molecular flexibility index (Phi) is 4.47. The summed E-state index contributed by atoms with van der Waals surface area (Å²) >= 11 is 11.8. The maximum Gasteiger partial charge on any atom is 0.305 e. The van der Waals surface area contributed by atoms with E-state index in [2.05, 4.69) is 11.6 Å². The first-order valence-corrected chi connectivity index (χ1v) is 6.48. The fourth-order valence-electron chi connectivity index (χ4n) is 1.63. The summed E-state index contributed by atoms with van der Waals surface area (Å²) in [7, 11) is 0. The molecule has 0 radical (unpaired) electrons. The van der Waals surface area contributed by atoms with Crippen LogP contribution in [0, 0.1) is 0 Å². The van der Waals surface area contributed by atoms with Gasteiger partial charge in [0.05, 0.1) is 5.02 Å². The minimum atomic E-state index is -0.894. The van der Waals surface area contributed by atoms with Crippen LogP contribution in [0.1, 0.15) is 6.92 Å². The van der Waals surface area contributed by atoms with Crippen molar-refractivity contribution in [1.82, 2.24) is 4.98 Å². The molecule has 0 spiro atoms. The van der Waals surface area contributed by atoms with Crippen molar-refractivity contribution >= 4 is 40.1 Å². The van der Waals surface area contributed by atoms with Crippen molar-refractivity contribution in [2.45, 2.75) is 13.2 Å². The number of carbonyl (C=O) groups excluding carboxylic acids is 1. The molecule has 1 aromatic carbocycles. The highest BCUT2D eigenvalue weighted by Gasteiger charge is 2.13. The molecule has 20 heavy (non-hydrogen) atoms. The molecule has 1 unspecified atom stereocenters. The van der Waals surface area contributed by atoms with Crippen molar-refractivity contribution < 1.29 is 14.3 Å². The SMILES string of the molecule is C=CC(OC(C)=O)Oc1cccc2cc(Cl)c(Cl)nc12. The summed E-state index contributed by atoms with van der Waals surface area (Å²) < 4.78 is 10.5. The highest BCUT2D eigenvalue weighted by Crippen LogP contribution is 2.30. The van der Waals surface area contributed by atoms with Gasteiger partial charge in [-0.2, -0.15) is 0 Å². The largest absolute Gasteiger partial charge is 0.449 e. The van der Waals surface area contributed by atoms with Crippen LogP contribution in [0.3, 0.4) is 0 Å². The fourth-order valence-corrected chi connectivity index (χ4v) is 1.93. The molecular formula is C14H11Cl2NO3. The monoisotopic (exact) mass is 311 g/mol. The van der Waals surface area contributed by atoms with Crippen LogP contribution in [-0.2, 0) is 9.53 Å². The van der Waals surface area contributed by atoms with Crippen molar-refractivity contribution in [3.05, 3.63) is 47.1 Å². The van der Waals surface area contributed by atoms with E-state index in [4.69, 9.17) is 32.7 Å². The fraction of sp³-hybridized carbons (Fsp3) is 0.143. The molecule has 6 heteroatoms. The molecule has 1 atom stereocenters. The molecule has 0 fully saturated rings. The Bertz CT molecular complexity index is 673. The van der Waals surface area contributed by atoms with E-state index in [1.807, 2.05) is 6.07 Å². The number of ether oxygens (including phenoxy) is 2. The average molecular weight is 312 g/mol. The van der Waals surface area contributed by atoms with Crippen LogP contribution in [-0.4, -0.2) is 17.2 Å². The molecule has 1 aromatic heterocycles. The van der Waals surface area contributed by atoms with Gasteiger partial charge in [-0.25, -0.2) is 4.98 Å². The number of fused-ring (bicyclic) bond motifs is 1. The van der Waals surface area contributed by atoms with Crippen molar-refractivity contribution in [1.29, 1.82) is 0 Å². The third kappa shape index (κ3) is 3.21. The number of carbonyl (C=O) groups is 1. The molecule has 2 aromatic rings. The lowest BCUT2D eigenvalue weighted by molar-refractivity contribution is -0.154. The average Bonchev–Trinajstić information content (AvgIpc) is 2.39. The zero-order valence-corrected chi connectivity index (χ0v) is 12.1. The summed E-state index contributed by atoms with van der Waals surface area (Å²) in [5.41, 5.74) is 0.529. The van der Waals surface area contributed by atoms with Gasteiger partial charge in [-0.1, -0.05) is 41.9 Å². The van der Waals surface area contributed by atoms with E-state index >= 15 is 0 Å². The normalized spacial score (nSPS) is 11.9. The van der Waals surface area contributed by atoms with E-state index in [9.17, 15) is 4.79 Å². The van der Waals surface area contributed by atoms with Crippen molar-refractivity contribution in [2.24, 2.45) is 0 Å². The Morgan fingerprint density at radius 1 is 1.45 bits per heavy atom. The Labute approximate surface area is 125 Å². The van der Waals surface area contributed by atoms with Crippen LogP contribution >= 0.6 is 23.2 Å². The number of halogens is 2. The van der Waals surface area contributed by atoms with Crippen LogP contribution in [0.5, 0.6) is 5.75 Å². The lowest BCUT2D eigenvalue weighted by Crippen LogP contribution is -2.20. The van der Waals surface area contributed by atoms with Gasteiger partial charge in [-0.3, -0.25) is 4.79 Å². The molecule has 104 valence electrons. The van der Waals surface area contributed by atoms with Crippen molar-refractivity contribution in [2.75, 3.05) is 0 Å². The van der Waals surface area contributed by atoms with Gasteiger partial charge in [0.1, 0.15) is 10.7 Å². The van der Waals surface area contributed by atoms with E-state index < -0.39 is 12.3 Å². The van der Waals surface area contributed by atoms with E-state index in [0.717, 1.165) is 5.39 Å². The number of benzene rings is 1. The van der Waals surface area contributed by atoms with Gasteiger partial charge in [-0.15, -0.1) is 0 Å². The summed E-state index contributed by atoms with van der Waals surface area (Å²) in [5.74, 6) is -0.0450. The van der Waals surface area contributed by atoms with Gasteiger partial charge < -0.3 is 9.47 Å². The molecule has 0 saturated carbocycles. The smallest absolute Gasteiger partial charge is 0.305 e. The standard InChI is InChI=1S/C14H11Cl2NO3/c1-3-12(19-8(2)18)20-11-6-4-5-9-7-10(15)14(16)17-13(9)11/h3-7,12H,1H2,2H3. The zero-order valence-electron chi connectivity index (χ0n) is 10.6. The molecule has 0 bridgehead atoms. The molecule has 4 nitrogen and oxygen atoms in total. The summed E-state index contributed by atoms with van der Waals surface area (Å²) in [6.45, 7) is 4.84.